The molecule has 0 unspecified atom stereocenters. The summed E-state index contributed by atoms with van der Waals surface area (Å²) in [5.41, 5.74) is 3.63. The Morgan fingerprint density at radius 1 is 1.32 bits per heavy atom. The maximum atomic E-state index is 5.29. The number of nitrogens with zero attached hydrogens (tertiary/aromatic N) is 3. The molecule has 0 spiro atoms. The predicted octanol–water partition coefficient (Wildman–Crippen LogP) is 3.91. The van der Waals surface area contributed by atoms with Crippen LogP contribution in [0.15, 0.2) is 18.2 Å². The van der Waals surface area contributed by atoms with Crippen molar-refractivity contribution in [1.82, 2.24) is 14.8 Å². The second-order valence-corrected chi connectivity index (χ2v) is 5.53. The van der Waals surface area contributed by atoms with Gasteiger partial charge in [0.2, 0.25) is 5.95 Å². The number of rotatable bonds is 3. The van der Waals surface area contributed by atoms with E-state index in [4.69, 9.17) is 12.2 Å². The van der Waals surface area contributed by atoms with Crippen LogP contribution in [-0.4, -0.2) is 21.8 Å². The van der Waals surface area contributed by atoms with Gasteiger partial charge in [0.05, 0.1) is 0 Å². The second kappa shape index (κ2) is 5.17. The van der Waals surface area contributed by atoms with Gasteiger partial charge in [0, 0.05) is 18.8 Å². The van der Waals surface area contributed by atoms with Crippen molar-refractivity contribution in [3.05, 3.63) is 34.1 Å². The van der Waals surface area contributed by atoms with Crippen LogP contribution in [0.1, 0.15) is 31.0 Å². The van der Waals surface area contributed by atoms with Crippen molar-refractivity contribution in [1.29, 1.82) is 0 Å². The van der Waals surface area contributed by atoms with Gasteiger partial charge in [-0.05, 0) is 51.5 Å². The third-order valence-electron chi connectivity index (χ3n) is 3.22. The molecule has 1 aromatic heterocycles. The summed E-state index contributed by atoms with van der Waals surface area (Å²) in [7, 11) is 2.02. The van der Waals surface area contributed by atoms with Gasteiger partial charge in [0.1, 0.15) is 0 Å². The van der Waals surface area contributed by atoms with Gasteiger partial charge < -0.3 is 4.90 Å². The van der Waals surface area contributed by atoms with Gasteiger partial charge in [0.15, 0.2) is 4.77 Å². The average Bonchev–Trinajstić information content (AvgIpc) is 2.70. The highest BCUT2D eigenvalue weighted by atomic mass is 32.1. The van der Waals surface area contributed by atoms with Gasteiger partial charge in [-0.3, -0.25) is 4.57 Å². The number of aromatic amines is 1. The van der Waals surface area contributed by atoms with Crippen LogP contribution in [0.3, 0.4) is 0 Å². The molecule has 5 heteroatoms. The lowest BCUT2D eigenvalue weighted by Crippen LogP contribution is -2.17. The highest BCUT2D eigenvalue weighted by molar-refractivity contribution is 7.71. The summed E-state index contributed by atoms with van der Waals surface area (Å²) in [5, 5.41) is 7.22. The zero-order chi connectivity index (χ0) is 14.2. The largest absolute Gasteiger partial charge is 0.313 e. The quantitative estimate of drug-likeness (QED) is 0.864. The first-order valence-corrected chi connectivity index (χ1v) is 6.80. The zero-order valence-corrected chi connectivity index (χ0v) is 12.9. The number of anilines is 2. The zero-order valence-electron chi connectivity index (χ0n) is 12.1. The lowest BCUT2D eigenvalue weighted by molar-refractivity contribution is 0.591. The SMILES string of the molecule is Cc1ccc(N(C)c2n[nH]c(=S)n2C(C)C)c(C)c1. The van der Waals surface area contributed by atoms with E-state index in [9.17, 15) is 0 Å². The molecule has 2 aromatic rings. The maximum absolute atomic E-state index is 5.29. The smallest absolute Gasteiger partial charge is 0.230 e. The Balaban J connectivity index is 2.50. The number of benzene rings is 1. The van der Waals surface area contributed by atoms with Gasteiger partial charge in [-0.25, -0.2) is 5.10 Å². The van der Waals surface area contributed by atoms with Crippen LogP contribution in [0.2, 0.25) is 0 Å². The van der Waals surface area contributed by atoms with Crippen molar-refractivity contribution >= 4 is 23.9 Å². The molecule has 0 saturated heterocycles. The molecule has 0 aliphatic rings. The molecule has 1 N–H and O–H groups in total. The van der Waals surface area contributed by atoms with E-state index in [-0.39, 0.29) is 6.04 Å². The highest BCUT2D eigenvalue weighted by Gasteiger charge is 2.16. The Bertz CT molecular complexity index is 639. The number of aryl methyl sites for hydroxylation is 2. The fourth-order valence-corrected chi connectivity index (χ4v) is 2.63. The number of nitrogens with one attached hydrogen (secondary N) is 1. The first kappa shape index (κ1) is 13.8. The Morgan fingerprint density at radius 2 is 2.00 bits per heavy atom. The lowest BCUT2D eigenvalue weighted by Gasteiger charge is -2.22. The minimum atomic E-state index is 0.273. The minimum Gasteiger partial charge on any atom is -0.313 e. The summed E-state index contributed by atoms with van der Waals surface area (Å²) in [4.78, 5) is 2.07. The third-order valence-corrected chi connectivity index (χ3v) is 3.50. The normalized spacial score (nSPS) is 11.1. The van der Waals surface area contributed by atoms with E-state index in [0.717, 1.165) is 11.6 Å². The summed E-state index contributed by atoms with van der Waals surface area (Å²) >= 11 is 5.29. The van der Waals surface area contributed by atoms with Crippen molar-refractivity contribution in [2.45, 2.75) is 33.7 Å². The number of H-pyrrole nitrogens is 1. The molecular weight excluding hydrogens is 256 g/mol. The molecule has 4 nitrogen and oxygen atoms in total. The summed E-state index contributed by atoms with van der Waals surface area (Å²) < 4.78 is 2.68. The van der Waals surface area contributed by atoms with E-state index in [1.165, 1.54) is 11.1 Å². The van der Waals surface area contributed by atoms with Crippen molar-refractivity contribution < 1.29 is 0 Å². The number of hydrogen-bond donors (Lipinski definition) is 1. The van der Waals surface area contributed by atoms with Crippen molar-refractivity contribution in [3.8, 4) is 0 Å². The van der Waals surface area contributed by atoms with Gasteiger partial charge in [-0.1, -0.05) is 17.7 Å². The fraction of sp³-hybridized carbons (Fsp3) is 0.429. The van der Waals surface area contributed by atoms with Crippen LogP contribution >= 0.6 is 12.2 Å². The van der Waals surface area contributed by atoms with E-state index in [1.54, 1.807) is 0 Å². The van der Waals surface area contributed by atoms with Crippen molar-refractivity contribution in [2.24, 2.45) is 0 Å². The van der Waals surface area contributed by atoms with Crippen LogP contribution in [0.4, 0.5) is 11.6 Å². The Labute approximate surface area is 119 Å². The molecule has 0 bridgehead atoms. The molecule has 1 heterocycles. The van der Waals surface area contributed by atoms with E-state index < -0.39 is 0 Å². The molecule has 0 fully saturated rings. The Hall–Kier alpha value is -1.62. The molecule has 0 aliphatic carbocycles. The standard InChI is InChI=1S/C14H20N4S/c1-9(2)18-13(15-16-14(18)19)17(5)12-7-6-10(3)8-11(12)4/h6-9H,1-5H3,(H,16,19). The topological polar surface area (TPSA) is 36.9 Å². The van der Waals surface area contributed by atoms with E-state index in [0.29, 0.717) is 4.77 Å². The molecular formula is C14H20N4S. The molecule has 0 radical (unpaired) electrons. The van der Waals surface area contributed by atoms with Crippen LogP contribution in [-0.2, 0) is 0 Å². The van der Waals surface area contributed by atoms with E-state index >= 15 is 0 Å². The van der Waals surface area contributed by atoms with Gasteiger partial charge >= 0.3 is 0 Å². The first-order chi connectivity index (χ1) is 8.91. The summed E-state index contributed by atoms with van der Waals surface area (Å²) in [6.07, 6.45) is 0. The van der Waals surface area contributed by atoms with Gasteiger partial charge in [-0.15, -0.1) is 5.10 Å². The van der Waals surface area contributed by atoms with E-state index in [1.807, 2.05) is 11.6 Å². The molecule has 0 amide bonds. The predicted molar refractivity (Wildman–Crippen MR) is 81.8 cm³/mol. The summed E-state index contributed by atoms with van der Waals surface area (Å²) in [5.74, 6) is 0.840. The molecule has 102 valence electrons. The molecule has 0 saturated carbocycles. The first-order valence-electron chi connectivity index (χ1n) is 6.39. The van der Waals surface area contributed by atoms with Gasteiger partial charge in [0.25, 0.3) is 0 Å². The average molecular weight is 276 g/mol. The maximum Gasteiger partial charge on any atom is 0.230 e. The molecule has 0 aliphatic heterocycles. The van der Waals surface area contributed by atoms with Gasteiger partial charge in [-0.2, -0.15) is 0 Å². The lowest BCUT2D eigenvalue weighted by atomic mass is 10.1. The number of hydrogen-bond acceptors (Lipinski definition) is 3. The second-order valence-electron chi connectivity index (χ2n) is 5.14. The van der Waals surface area contributed by atoms with Crippen LogP contribution in [0, 0.1) is 18.6 Å². The molecule has 19 heavy (non-hydrogen) atoms. The molecule has 1 aromatic carbocycles. The number of aromatic nitrogens is 3. The van der Waals surface area contributed by atoms with Crippen LogP contribution in [0.5, 0.6) is 0 Å². The fourth-order valence-electron chi connectivity index (χ4n) is 2.29. The van der Waals surface area contributed by atoms with Crippen molar-refractivity contribution in [2.75, 3.05) is 11.9 Å². The molecule has 0 atom stereocenters. The highest BCUT2D eigenvalue weighted by Crippen LogP contribution is 2.27. The van der Waals surface area contributed by atoms with Crippen LogP contribution < -0.4 is 4.90 Å². The Kier molecular flexibility index (Phi) is 3.75. The van der Waals surface area contributed by atoms with E-state index in [2.05, 4.69) is 61.0 Å². The monoisotopic (exact) mass is 276 g/mol. The molecule has 2 rings (SSSR count). The van der Waals surface area contributed by atoms with Crippen LogP contribution in [0.25, 0.3) is 0 Å². The minimum absolute atomic E-state index is 0.273. The Morgan fingerprint density at radius 3 is 2.58 bits per heavy atom. The summed E-state index contributed by atoms with van der Waals surface area (Å²) in [6, 6.07) is 6.68. The van der Waals surface area contributed by atoms with Crippen molar-refractivity contribution in [3.63, 3.8) is 0 Å². The summed E-state index contributed by atoms with van der Waals surface area (Å²) in [6.45, 7) is 8.41. The third kappa shape index (κ3) is 2.56.